The molecule has 34 heavy (non-hydrogen) atoms. The van der Waals surface area contributed by atoms with Gasteiger partial charge in [-0.1, -0.05) is 0 Å². The summed E-state index contributed by atoms with van der Waals surface area (Å²) in [5, 5.41) is 1.24. The molecule has 0 atom stereocenters. The van der Waals surface area contributed by atoms with Crippen molar-refractivity contribution in [3.8, 4) is 17.2 Å². The number of aromatic amines is 1. The third-order valence-electron chi connectivity index (χ3n) is 7.38. The molecule has 3 heterocycles. The number of likely N-dealkylation sites (tertiary alicyclic amines) is 1. The summed E-state index contributed by atoms with van der Waals surface area (Å²) in [6, 6.07) is 10.2. The molecule has 1 aromatic heterocycles. The number of H-pyrrole nitrogens is 1. The van der Waals surface area contributed by atoms with Gasteiger partial charge in [-0.05, 0) is 85.3 Å². The van der Waals surface area contributed by atoms with Crippen LogP contribution in [-0.4, -0.2) is 68.2 Å². The first-order valence-corrected chi connectivity index (χ1v) is 12.0. The Morgan fingerprint density at radius 1 is 0.971 bits per heavy atom. The van der Waals surface area contributed by atoms with Crippen LogP contribution in [0.1, 0.15) is 35.4 Å². The van der Waals surface area contributed by atoms with Gasteiger partial charge >= 0.3 is 0 Å². The van der Waals surface area contributed by atoms with Gasteiger partial charge in [0.05, 0.1) is 27.9 Å². The van der Waals surface area contributed by atoms with Crippen molar-refractivity contribution < 1.29 is 19.0 Å². The van der Waals surface area contributed by atoms with Crippen molar-refractivity contribution in [1.29, 1.82) is 0 Å². The highest BCUT2D eigenvalue weighted by molar-refractivity contribution is 5.85. The summed E-state index contributed by atoms with van der Waals surface area (Å²) in [6.07, 6.45) is 5.09. The van der Waals surface area contributed by atoms with E-state index < -0.39 is 0 Å². The number of fused-ring (bicyclic) bond motifs is 2. The zero-order chi connectivity index (χ0) is 23.7. The van der Waals surface area contributed by atoms with Crippen molar-refractivity contribution >= 4 is 16.8 Å². The van der Waals surface area contributed by atoms with Gasteiger partial charge in [-0.25, -0.2) is 0 Å². The molecule has 0 spiro atoms. The molecule has 1 N–H and O–H groups in total. The van der Waals surface area contributed by atoms with Crippen molar-refractivity contribution in [3.63, 3.8) is 0 Å². The lowest BCUT2D eigenvalue weighted by Crippen LogP contribution is -2.44. The molecule has 0 saturated carbocycles. The van der Waals surface area contributed by atoms with Gasteiger partial charge in [-0.3, -0.25) is 9.69 Å². The molecule has 0 unspecified atom stereocenters. The molecule has 2 aliphatic rings. The number of benzene rings is 2. The zero-order valence-corrected chi connectivity index (χ0v) is 20.2. The molecular formula is C27H33N3O4. The highest BCUT2D eigenvalue weighted by Crippen LogP contribution is 2.35. The summed E-state index contributed by atoms with van der Waals surface area (Å²) in [5.41, 5.74) is 4.88. The minimum atomic E-state index is 0.204. The van der Waals surface area contributed by atoms with Gasteiger partial charge in [-0.15, -0.1) is 0 Å². The van der Waals surface area contributed by atoms with E-state index in [1.807, 2.05) is 23.1 Å². The molecule has 5 rings (SSSR count). The second-order valence-electron chi connectivity index (χ2n) is 9.25. The van der Waals surface area contributed by atoms with Crippen molar-refractivity contribution in [2.75, 3.05) is 47.5 Å². The highest BCUT2D eigenvalue weighted by atomic mass is 16.5. The third kappa shape index (κ3) is 4.32. The van der Waals surface area contributed by atoms with Crippen LogP contribution in [0.25, 0.3) is 10.9 Å². The van der Waals surface area contributed by atoms with Gasteiger partial charge in [0.25, 0.3) is 0 Å². The fourth-order valence-corrected chi connectivity index (χ4v) is 5.38. The smallest absolute Gasteiger partial charge is 0.237 e. The van der Waals surface area contributed by atoms with Crippen LogP contribution in [0.3, 0.4) is 0 Å². The van der Waals surface area contributed by atoms with Crippen LogP contribution in [0.15, 0.2) is 36.5 Å². The summed E-state index contributed by atoms with van der Waals surface area (Å²) in [5.74, 6) is 3.05. The number of hydrogen-bond acceptors (Lipinski definition) is 5. The van der Waals surface area contributed by atoms with Gasteiger partial charge in [0.1, 0.15) is 5.75 Å². The number of methoxy groups -OCH3 is 3. The van der Waals surface area contributed by atoms with Gasteiger partial charge in [0.2, 0.25) is 5.91 Å². The topological polar surface area (TPSA) is 67.0 Å². The van der Waals surface area contributed by atoms with E-state index in [-0.39, 0.29) is 5.91 Å². The Labute approximate surface area is 200 Å². The van der Waals surface area contributed by atoms with E-state index in [1.54, 1.807) is 21.3 Å². The molecule has 3 aromatic rings. The van der Waals surface area contributed by atoms with Gasteiger partial charge in [-0.2, -0.15) is 0 Å². The maximum Gasteiger partial charge on any atom is 0.237 e. The zero-order valence-electron chi connectivity index (χ0n) is 20.2. The van der Waals surface area contributed by atoms with Crippen LogP contribution in [-0.2, 0) is 17.8 Å². The first-order chi connectivity index (χ1) is 16.6. The molecule has 1 fully saturated rings. The molecule has 1 amide bonds. The fraction of sp³-hybridized carbons (Fsp3) is 0.444. The Morgan fingerprint density at radius 2 is 1.71 bits per heavy atom. The average Bonchev–Trinajstić information content (AvgIpc) is 3.31. The molecular weight excluding hydrogens is 430 g/mol. The molecule has 7 nitrogen and oxygen atoms in total. The fourth-order valence-electron chi connectivity index (χ4n) is 5.38. The van der Waals surface area contributed by atoms with Crippen molar-refractivity contribution in [1.82, 2.24) is 14.8 Å². The largest absolute Gasteiger partial charge is 0.497 e. The van der Waals surface area contributed by atoms with E-state index >= 15 is 0 Å². The van der Waals surface area contributed by atoms with Gasteiger partial charge in [0.15, 0.2) is 11.5 Å². The molecule has 2 aliphatic heterocycles. The van der Waals surface area contributed by atoms with Crippen LogP contribution in [0.2, 0.25) is 0 Å². The average molecular weight is 464 g/mol. The molecule has 180 valence electrons. The molecule has 7 heteroatoms. The number of carbonyl (C=O) groups is 1. The normalized spacial score (nSPS) is 17.0. The number of rotatable bonds is 6. The highest BCUT2D eigenvalue weighted by Gasteiger charge is 2.27. The second kappa shape index (κ2) is 9.58. The lowest BCUT2D eigenvalue weighted by molar-refractivity contribution is -0.133. The summed E-state index contributed by atoms with van der Waals surface area (Å²) < 4.78 is 16.3. The first-order valence-electron chi connectivity index (χ1n) is 12.0. The number of hydrogen-bond donors (Lipinski definition) is 1. The predicted molar refractivity (Wildman–Crippen MR) is 132 cm³/mol. The van der Waals surface area contributed by atoms with Crippen molar-refractivity contribution in [2.45, 2.75) is 31.7 Å². The third-order valence-corrected chi connectivity index (χ3v) is 7.38. The van der Waals surface area contributed by atoms with Crippen LogP contribution in [0.4, 0.5) is 0 Å². The number of nitrogens with one attached hydrogen (secondary N) is 1. The van der Waals surface area contributed by atoms with Gasteiger partial charge in [0, 0.05) is 30.2 Å². The standard InChI is InChI=1S/C27H33N3O4/c1-32-21-4-5-24-22(14-21)23(15-28-24)18-6-9-29(10-7-18)17-27(31)30-11-8-19-12-25(33-2)26(34-3)13-20(19)16-30/h4-5,12-15,18,28H,6-11,16-17H2,1-3H3. The molecule has 2 aromatic carbocycles. The molecule has 0 aliphatic carbocycles. The number of ether oxygens (including phenoxy) is 3. The van der Waals surface area contributed by atoms with Gasteiger partial charge < -0.3 is 24.1 Å². The van der Waals surface area contributed by atoms with Crippen LogP contribution >= 0.6 is 0 Å². The lowest BCUT2D eigenvalue weighted by atomic mass is 9.89. The SMILES string of the molecule is COc1ccc2[nH]cc(C3CCN(CC(=O)N4CCc5cc(OC)c(OC)cc5C4)CC3)c2c1. The van der Waals surface area contributed by atoms with E-state index in [0.717, 1.165) is 61.5 Å². The van der Waals surface area contributed by atoms with E-state index in [2.05, 4.69) is 28.2 Å². The first kappa shape index (κ1) is 22.6. The Bertz CT molecular complexity index is 1180. The Balaban J connectivity index is 1.19. The van der Waals surface area contributed by atoms with Crippen LogP contribution in [0.5, 0.6) is 17.2 Å². The van der Waals surface area contributed by atoms with E-state index in [1.165, 1.54) is 16.5 Å². The van der Waals surface area contributed by atoms with Crippen LogP contribution < -0.4 is 14.2 Å². The number of piperidine rings is 1. The minimum absolute atomic E-state index is 0.204. The lowest BCUT2D eigenvalue weighted by Gasteiger charge is -2.35. The number of aromatic nitrogens is 1. The number of nitrogens with zero attached hydrogens (tertiary/aromatic N) is 2. The Kier molecular flexibility index (Phi) is 6.37. The number of carbonyl (C=O) groups excluding carboxylic acids is 1. The maximum absolute atomic E-state index is 13.1. The summed E-state index contributed by atoms with van der Waals surface area (Å²) >= 11 is 0. The van der Waals surface area contributed by atoms with Crippen molar-refractivity contribution in [3.05, 3.63) is 53.2 Å². The minimum Gasteiger partial charge on any atom is -0.497 e. The van der Waals surface area contributed by atoms with E-state index in [9.17, 15) is 4.79 Å². The summed E-state index contributed by atoms with van der Waals surface area (Å²) in [4.78, 5) is 20.8. The molecule has 1 saturated heterocycles. The Hall–Kier alpha value is -3.19. The quantitative estimate of drug-likeness (QED) is 0.600. The summed E-state index contributed by atoms with van der Waals surface area (Å²) in [7, 11) is 5.01. The van der Waals surface area contributed by atoms with E-state index in [0.29, 0.717) is 24.8 Å². The predicted octanol–water partition coefficient (Wildman–Crippen LogP) is 3.96. The van der Waals surface area contributed by atoms with E-state index in [4.69, 9.17) is 14.2 Å². The monoisotopic (exact) mass is 463 g/mol. The van der Waals surface area contributed by atoms with Crippen molar-refractivity contribution in [2.24, 2.45) is 0 Å². The second-order valence-corrected chi connectivity index (χ2v) is 9.25. The maximum atomic E-state index is 13.1. The molecule has 0 bridgehead atoms. The molecule has 0 radical (unpaired) electrons. The van der Waals surface area contributed by atoms with Crippen LogP contribution in [0, 0.1) is 0 Å². The number of amides is 1. The summed E-state index contributed by atoms with van der Waals surface area (Å²) in [6.45, 7) is 3.72. The Morgan fingerprint density at radius 3 is 2.41 bits per heavy atom.